The van der Waals surface area contributed by atoms with Gasteiger partial charge in [-0.3, -0.25) is 9.59 Å². The van der Waals surface area contributed by atoms with Crippen LogP contribution in [0.1, 0.15) is 20.9 Å². The molecule has 9 nitrogen and oxygen atoms in total. The SMILES string of the molecule is NC(=O)c1cc(S(=O)(=O)C2CNCCO2)sc1NC(=O)c1ccco1. The number of hydrogen-bond donors (Lipinski definition) is 3. The fourth-order valence-corrected chi connectivity index (χ4v) is 5.21. The number of amides is 2. The molecule has 0 radical (unpaired) electrons. The number of furan rings is 1. The molecule has 4 N–H and O–H groups in total. The van der Waals surface area contributed by atoms with Gasteiger partial charge in [0.05, 0.1) is 18.4 Å². The molecule has 0 aliphatic carbocycles. The number of ether oxygens (including phenoxy) is 1. The van der Waals surface area contributed by atoms with Crippen molar-refractivity contribution < 1.29 is 27.2 Å². The Morgan fingerprint density at radius 3 is 2.80 bits per heavy atom. The summed E-state index contributed by atoms with van der Waals surface area (Å²) in [4.78, 5) is 23.7. The first-order chi connectivity index (χ1) is 11.9. The Kier molecular flexibility index (Phi) is 4.90. The number of morpholine rings is 1. The summed E-state index contributed by atoms with van der Waals surface area (Å²) in [6, 6.07) is 4.12. The first-order valence-corrected chi connectivity index (χ1v) is 9.60. The van der Waals surface area contributed by atoms with E-state index in [1.807, 2.05) is 0 Å². The van der Waals surface area contributed by atoms with Crippen LogP contribution in [0.15, 0.2) is 33.1 Å². The van der Waals surface area contributed by atoms with Crippen molar-refractivity contribution in [2.24, 2.45) is 5.73 Å². The highest BCUT2D eigenvalue weighted by atomic mass is 32.2. The van der Waals surface area contributed by atoms with Crippen molar-refractivity contribution in [2.75, 3.05) is 25.0 Å². The largest absolute Gasteiger partial charge is 0.459 e. The van der Waals surface area contributed by atoms with Crippen LogP contribution in [0.25, 0.3) is 0 Å². The van der Waals surface area contributed by atoms with E-state index in [1.54, 1.807) is 0 Å². The van der Waals surface area contributed by atoms with E-state index in [4.69, 9.17) is 14.9 Å². The summed E-state index contributed by atoms with van der Waals surface area (Å²) in [7, 11) is -3.84. The van der Waals surface area contributed by atoms with Crippen molar-refractivity contribution in [1.82, 2.24) is 5.32 Å². The summed E-state index contributed by atoms with van der Waals surface area (Å²) in [5, 5.41) is 5.42. The maximum atomic E-state index is 12.7. The van der Waals surface area contributed by atoms with Gasteiger partial charge >= 0.3 is 0 Å². The van der Waals surface area contributed by atoms with Gasteiger partial charge in [0, 0.05) is 13.1 Å². The van der Waals surface area contributed by atoms with Gasteiger partial charge in [-0.25, -0.2) is 8.42 Å². The molecule has 2 aromatic heterocycles. The second-order valence-electron chi connectivity index (χ2n) is 5.15. The molecule has 1 aliphatic heterocycles. The molecular weight excluding hydrogens is 370 g/mol. The normalized spacial score (nSPS) is 18.0. The second kappa shape index (κ2) is 6.96. The predicted octanol–water partition coefficient (Wildman–Crippen LogP) is 0.412. The molecule has 0 saturated carbocycles. The van der Waals surface area contributed by atoms with Gasteiger partial charge in [-0.2, -0.15) is 0 Å². The van der Waals surface area contributed by atoms with Gasteiger partial charge in [0.1, 0.15) is 9.21 Å². The molecule has 2 aromatic rings. The van der Waals surface area contributed by atoms with E-state index in [2.05, 4.69) is 10.6 Å². The van der Waals surface area contributed by atoms with Crippen molar-refractivity contribution in [1.29, 1.82) is 0 Å². The number of carbonyl (C=O) groups is 2. The quantitative estimate of drug-likeness (QED) is 0.677. The van der Waals surface area contributed by atoms with Crippen LogP contribution in [0, 0.1) is 0 Å². The highest BCUT2D eigenvalue weighted by Crippen LogP contribution is 2.34. The van der Waals surface area contributed by atoms with E-state index in [0.717, 1.165) is 17.4 Å². The molecule has 2 amide bonds. The Morgan fingerprint density at radius 1 is 1.40 bits per heavy atom. The minimum atomic E-state index is -3.84. The lowest BCUT2D eigenvalue weighted by atomic mass is 10.3. The Balaban J connectivity index is 1.91. The smallest absolute Gasteiger partial charge is 0.291 e. The first kappa shape index (κ1) is 17.6. The van der Waals surface area contributed by atoms with Crippen LogP contribution in [0.4, 0.5) is 5.00 Å². The number of sulfone groups is 1. The third kappa shape index (κ3) is 3.58. The molecule has 0 aromatic carbocycles. The van der Waals surface area contributed by atoms with Crippen LogP contribution < -0.4 is 16.4 Å². The standard InChI is InChI=1S/C14H15N3O6S2/c15-12(18)8-6-11(25(20,21)10-7-16-3-5-23-10)24-14(8)17-13(19)9-2-1-4-22-9/h1-2,4,6,10,16H,3,5,7H2,(H2,15,18)(H,17,19). The molecule has 3 heterocycles. The zero-order chi connectivity index (χ0) is 18.0. The van der Waals surface area contributed by atoms with Crippen LogP contribution in [0.5, 0.6) is 0 Å². The Hall–Kier alpha value is -2.21. The number of rotatable bonds is 5. The summed E-state index contributed by atoms with van der Waals surface area (Å²) in [6.07, 6.45) is 1.32. The molecule has 1 unspecified atom stereocenters. The van der Waals surface area contributed by atoms with E-state index < -0.39 is 27.1 Å². The lowest BCUT2D eigenvalue weighted by molar-refractivity contribution is 0.0786. The van der Waals surface area contributed by atoms with E-state index in [9.17, 15) is 18.0 Å². The molecule has 25 heavy (non-hydrogen) atoms. The van der Waals surface area contributed by atoms with E-state index in [-0.39, 0.29) is 33.7 Å². The average Bonchev–Trinajstić information content (AvgIpc) is 3.25. The minimum Gasteiger partial charge on any atom is -0.459 e. The summed E-state index contributed by atoms with van der Waals surface area (Å²) in [5.41, 5.74) is 4.15. The van der Waals surface area contributed by atoms with Crippen LogP contribution in [0.3, 0.4) is 0 Å². The fourth-order valence-electron chi connectivity index (χ4n) is 2.23. The molecule has 11 heteroatoms. The Bertz CT molecular complexity index is 882. The zero-order valence-electron chi connectivity index (χ0n) is 12.9. The third-order valence-corrected chi connectivity index (χ3v) is 6.93. The molecule has 1 saturated heterocycles. The lowest BCUT2D eigenvalue weighted by Gasteiger charge is -2.22. The van der Waals surface area contributed by atoms with Crippen LogP contribution >= 0.6 is 11.3 Å². The van der Waals surface area contributed by atoms with Gasteiger partial charge in [0.2, 0.25) is 9.84 Å². The maximum Gasteiger partial charge on any atom is 0.291 e. The highest BCUT2D eigenvalue weighted by Gasteiger charge is 2.33. The first-order valence-electron chi connectivity index (χ1n) is 7.24. The van der Waals surface area contributed by atoms with Crippen molar-refractivity contribution in [3.63, 3.8) is 0 Å². The molecule has 1 atom stereocenters. The van der Waals surface area contributed by atoms with Gasteiger partial charge in [-0.15, -0.1) is 11.3 Å². The molecule has 134 valence electrons. The van der Waals surface area contributed by atoms with Crippen LogP contribution in [-0.4, -0.2) is 45.4 Å². The van der Waals surface area contributed by atoms with Crippen LogP contribution in [-0.2, 0) is 14.6 Å². The van der Waals surface area contributed by atoms with Crippen molar-refractivity contribution >= 4 is 38.0 Å². The van der Waals surface area contributed by atoms with Gasteiger partial charge < -0.3 is 25.5 Å². The molecular formula is C14H15N3O6S2. The summed E-state index contributed by atoms with van der Waals surface area (Å²) < 4.78 is 35.4. The van der Waals surface area contributed by atoms with Crippen molar-refractivity contribution in [3.8, 4) is 0 Å². The van der Waals surface area contributed by atoms with Gasteiger partial charge in [-0.05, 0) is 18.2 Å². The van der Waals surface area contributed by atoms with E-state index >= 15 is 0 Å². The summed E-state index contributed by atoms with van der Waals surface area (Å²) in [5.74, 6) is -1.45. The topological polar surface area (TPSA) is 141 Å². The van der Waals surface area contributed by atoms with Crippen LogP contribution in [0.2, 0.25) is 0 Å². The number of primary amides is 1. The van der Waals surface area contributed by atoms with E-state index in [0.29, 0.717) is 6.54 Å². The van der Waals surface area contributed by atoms with Crippen molar-refractivity contribution in [3.05, 3.63) is 35.8 Å². The Morgan fingerprint density at radius 2 is 2.20 bits per heavy atom. The fraction of sp³-hybridized carbons (Fsp3) is 0.286. The zero-order valence-corrected chi connectivity index (χ0v) is 14.5. The maximum absolute atomic E-state index is 12.7. The van der Waals surface area contributed by atoms with E-state index in [1.165, 1.54) is 18.4 Å². The number of thiophene rings is 1. The molecule has 0 spiro atoms. The lowest BCUT2D eigenvalue weighted by Crippen LogP contribution is -2.42. The molecule has 0 bridgehead atoms. The summed E-state index contributed by atoms with van der Waals surface area (Å²) in [6.45, 7) is 0.966. The molecule has 3 rings (SSSR count). The Labute approximate surface area is 147 Å². The number of carbonyl (C=O) groups excluding carboxylic acids is 2. The number of hydrogen-bond acceptors (Lipinski definition) is 8. The molecule has 1 aliphatic rings. The monoisotopic (exact) mass is 385 g/mol. The number of nitrogens with two attached hydrogens (primary N) is 1. The summed E-state index contributed by atoms with van der Waals surface area (Å²) >= 11 is 0.744. The molecule has 1 fully saturated rings. The average molecular weight is 385 g/mol. The third-order valence-electron chi connectivity index (χ3n) is 3.47. The predicted molar refractivity (Wildman–Crippen MR) is 89.3 cm³/mol. The number of anilines is 1. The van der Waals surface area contributed by atoms with Gasteiger partial charge in [0.25, 0.3) is 11.8 Å². The minimum absolute atomic E-state index is 0.0213. The second-order valence-corrected chi connectivity index (χ2v) is 8.52. The number of nitrogens with one attached hydrogen (secondary N) is 2. The van der Waals surface area contributed by atoms with Gasteiger partial charge in [0.15, 0.2) is 11.2 Å². The highest BCUT2D eigenvalue weighted by molar-refractivity contribution is 7.94. The van der Waals surface area contributed by atoms with Gasteiger partial charge in [-0.1, -0.05) is 0 Å². The van der Waals surface area contributed by atoms with Crippen molar-refractivity contribution in [2.45, 2.75) is 9.65 Å².